The van der Waals surface area contributed by atoms with Gasteiger partial charge in [-0.05, 0) is 32.9 Å². The molecule has 3 N–H and O–H groups in total. The average molecular weight is 289 g/mol. The van der Waals surface area contributed by atoms with Crippen molar-refractivity contribution in [2.24, 2.45) is 5.84 Å². The van der Waals surface area contributed by atoms with Crippen LogP contribution in [0, 0.1) is 0 Å². The molecule has 1 aromatic heterocycles. The molecule has 0 saturated heterocycles. The summed E-state index contributed by atoms with van der Waals surface area (Å²) in [7, 11) is 0. The van der Waals surface area contributed by atoms with E-state index in [0.29, 0.717) is 25.6 Å². The fourth-order valence-corrected chi connectivity index (χ4v) is 1.98. The SMILES string of the molecule is CC(C)(C)OCCOCc1cc2ccccc2nc1NN. The van der Waals surface area contributed by atoms with Crippen LogP contribution in [-0.2, 0) is 16.1 Å². The molecule has 0 aliphatic carbocycles. The normalized spacial score (nSPS) is 11.8. The minimum Gasteiger partial charge on any atom is -0.374 e. The number of para-hydroxylation sites is 1. The summed E-state index contributed by atoms with van der Waals surface area (Å²) in [5.74, 6) is 6.18. The van der Waals surface area contributed by atoms with E-state index in [0.717, 1.165) is 16.5 Å². The van der Waals surface area contributed by atoms with Crippen molar-refractivity contribution in [3.8, 4) is 0 Å². The molecule has 0 saturated carbocycles. The number of pyridine rings is 1. The molecule has 21 heavy (non-hydrogen) atoms. The van der Waals surface area contributed by atoms with E-state index in [-0.39, 0.29) is 5.60 Å². The topological polar surface area (TPSA) is 69.4 Å². The van der Waals surface area contributed by atoms with Crippen LogP contribution < -0.4 is 11.3 Å². The van der Waals surface area contributed by atoms with Gasteiger partial charge in [0.15, 0.2) is 0 Å². The first-order valence-corrected chi connectivity index (χ1v) is 7.06. The molecule has 2 aromatic rings. The van der Waals surface area contributed by atoms with Crippen molar-refractivity contribution in [2.75, 3.05) is 18.6 Å². The predicted molar refractivity (Wildman–Crippen MR) is 84.9 cm³/mol. The number of rotatable bonds is 6. The predicted octanol–water partition coefficient (Wildman–Crippen LogP) is 2.85. The standard InChI is InChI=1S/C16H23N3O2/c1-16(2,3)21-9-8-20-11-13-10-12-6-4-5-7-14(12)18-15(13)19-17/h4-7,10H,8-9,11,17H2,1-3H3,(H,18,19). The molecule has 1 aromatic carbocycles. The third-order valence-electron chi connectivity index (χ3n) is 2.96. The van der Waals surface area contributed by atoms with Crippen LogP contribution in [0.2, 0.25) is 0 Å². The number of nitrogens with two attached hydrogens (primary N) is 1. The highest BCUT2D eigenvalue weighted by Crippen LogP contribution is 2.20. The quantitative estimate of drug-likeness (QED) is 0.486. The van der Waals surface area contributed by atoms with E-state index in [4.69, 9.17) is 15.3 Å². The third-order valence-corrected chi connectivity index (χ3v) is 2.96. The van der Waals surface area contributed by atoms with Crippen molar-refractivity contribution in [3.05, 3.63) is 35.9 Å². The smallest absolute Gasteiger partial charge is 0.146 e. The molecule has 0 spiro atoms. The summed E-state index contributed by atoms with van der Waals surface area (Å²) in [6, 6.07) is 9.96. The molecule has 5 heteroatoms. The molecule has 0 amide bonds. The van der Waals surface area contributed by atoms with Gasteiger partial charge in [0.1, 0.15) is 5.82 Å². The van der Waals surface area contributed by atoms with E-state index in [1.165, 1.54) is 0 Å². The Kier molecular flexibility index (Phi) is 5.12. The highest BCUT2D eigenvalue weighted by Gasteiger charge is 2.10. The van der Waals surface area contributed by atoms with Crippen LogP contribution in [0.15, 0.2) is 30.3 Å². The van der Waals surface area contributed by atoms with Crippen molar-refractivity contribution in [1.29, 1.82) is 0 Å². The minimum absolute atomic E-state index is 0.141. The van der Waals surface area contributed by atoms with Gasteiger partial charge in [0.2, 0.25) is 0 Å². The number of nitrogens with zero attached hydrogens (tertiary/aromatic N) is 1. The summed E-state index contributed by atoms with van der Waals surface area (Å²) in [5.41, 5.74) is 4.33. The highest BCUT2D eigenvalue weighted by molar-refractivity contribution is 5.81. The lowest BCUT2D eigenvalue weighted by atomic mass is 10.1. The lowest BCUT2D eigenvalue weighted by molar-refractivity contribution is -0.0376. The summed E-state index contributed by atoms with van der Waals surface area (Å²) in [5, 5.41) is 1.07. The molecule has 2 rings (SSSR count). The molecule has 0 radical (unpaired) electrons. The third kappa shape index (κ3) is 4.67. The fourth-order valence-electron chi connectivity index (χ4n) is 1.98. The minimum atomic E-state index is -0.141. The molecule has 0 aliphatic rings. The molecule has 0 aliphatic heterocycles. The number of benzene rings is 1. The van der Waals surface area contributed by atoms with Gasteiger partial charge in [0, 0.05) is 10.9 Å². The van der Waals surface area contributed by atoms with Crippen molar-refractivity contribution < 1.29 is 9.47 Å². The monoisotopic (exact) mass is 289 g/mol. The van der Waals surface area contributed by atoms with Crippen LogP contribution in [0.1, 0.15) is 26.3 Å². The number of fused-ring (bicyclic) bond motifs is 1. The summed E-state index contributed by atoms with van der Waals surface area (Å²) in [6.45, 7) is 7.62. The zero-order chi connectivity index (χ0) is 15.3. The maximum atomic E-state index is 5.65. The van der Waals surface area contributed by atoms with Crippen LogP contribution in [0.4, 0.5) is 5.82 Å². The number of nitrogen functional groups attached to an aromatic ring is 1. The van der Waals surface area contributed by atoms with Gasteiger partial charge in [-0.15, -0.1) is 0 Å². The Morgan fingerprint density at radius 3 is 2.67 bits per heavy atom. The first kappa shape index (κ1) is 15.7. The van der Waals surface area contributed by atoms with Crippen LogP contribution in [0.25, 0.3) is 10.9 Å². The van der Waals surface area contributed by atoms with Crippen molar-refractivity contribution in [1.82, 2.24) is 4.98 Å². The molecule has 0 fully saturated rings. The summed E-state index contributed by atoms with van der Waals surface area (Å²) < 4.78 is 11.3. The Balaban J connectivity index is 1.97. The van der Waals surface area contributed by atoms with Gasteiger partial charge in [-0.1, -0.05) is 18.2 Å². The van der Waals surface area contributed by atoms with Crippen molar-refractivity contribution >= 4 is 16.7 Å². The second kappa shape index (κ2) is 6.85. The Morgan fingerprint density at radius 1 is 1.19 bits per heavy atom. The molecule has 0 atom stereocenters. The molecule has 0 bridgehead atoms. The highest BCUT2D eigenvalue weighted by atomic mass is 16.5. The second-order valence-corrected chi connectivity index (χ2v) is 5.85. The lowest BCUT2D eigenvalue weighted by Gasteiger charge is -2.19. The molecule has 5 nitrogen and oxygen atoms in total. The maximum absolute atomic E-state index is 5.65. The van der Waals surface area contributed by atoms with Gasteiger partial charge in [-0.3, -0.25) is 0 Å². The second-order valence-electron chi connectivity index (χ2n) is 5.85. The average Bonchev–Trinajstić information content (AvgIpc) is 2.44. The van der Waals surface area contributed by atoms with Gasteiger partial charge in [0.05, 0.1) is 30.9 Å². The van der Waals surface area contributed by atoms with Crippen LogP contribution in [0.3, 0.4) is 0 Å². The largest absolute Gasteiger partial charge is 0.374 e. The van der Waals surface area contributed by atoms with Crippen molar-refractivity contribution in [2.45, 2.75) is 33.0 Å². The van der Waals surface area contributed by atoms with E-state index in [1.807, 2.05) is 51.1 Å². The van der Waals surface area contributed by atoms with Gasteiger partial charge in [-0.2, -0.15) is 0 Å². The number of hydrazine groups is 1. The Bertz CT molecular complexity index is 594. The molecule has 0 unspecified atom stereocenters. The molecular formula is C16H23N3O2. The lowest BCUT2D eigenvalue weighted by Crippen LogP contribution is -2.21. The van der Waals surface area contributed by atoms with Gasteiger partial charge < -0.3 is 14.9 Å². The fraction of sp³-hybridized carbons (Fsp3) is 0.438. The first-order chi connectivity index (χ1) is 9.99. The van der Waals surface area contributed by atoms with E-state index in [1.54, 1.807) is 0 Å². The van der Waals surface area contributed by atoms with E-state index < -0.39 is 0 Å². The number of ether oxygens (including phenoxy) is 2. The van der Waals surface area contributed by atoms with E-state index in [9.17, 15) is 0 Å². The zero-order valence-electron chi connectivity index (χ0n) is 12.8. The first-order valence-electron chi connectivity index (χ1n) is 7.06. The zero-order valence-corrected chi connectivity index (χ0v) is 12.8. The number of hydrogen-bond acceptors (Lipinski definition) is 5. The Labute approximate surface area is 125 Å². The molecule has 1 heterocycles. The maximum Gasteiger partial charge on any atom is 0.146 e. The molecular weight excluding hydrogens is 266 g/mol. The Hall–Kier alpha value is -1.69. The number of hydrogen-bond donors (Lipinski definition) is 2. The van der Waals surface area contributed by atoms with Gasteiger partial charge in [0.25, 0.3) is 0 Å². The van der Waals surface area contributed by atoms with E-state index >= 15 is 0 Å². The van der Waals surface area contributed by atoms with Crippen LogP contribution >= 0.6 is 0 Å². The van der Waals surface area contributed by atoms with Crippen molar-refractivity contribution in [3.63, 3.8) is 0 Å². The Morgan fingerprint density at radius 2 is 1.95 bits per heavy atom. The van der Waals surface area contributed by atoms with Gasteiger partial charge >= 0.3 is 0 Å². The summed E-state index contributed by atoms with van der Waals surface area (Å²) in [4.78, 5) is 4.48. The summed E-state index contributed by atoms with van der Waals surface area (Å²) in [6.07, 6.45) is 0. The molecule has 114 valence electrons. The summed E-state index contributed by atoms with van der Waals surface area (Å²) >= 11 is 0. The van der Waals surface area contributed by atoms with E-state index in [2.05, 4.69) is 10.4 Å². The van der Waals surface area contributed by atoms with Crippen LogP contribution in [-0.4, -0.2) is 23.8 Å². The van der Waals surface area contributed by atoms with Crippen LogP contribution in [0.5, 0.6) is 0 Å². The number of aromatic nitrogens is 1. The number of nitrogens with one attached hydrogen (secondary N) is 1. The van der Waals surface area contributed by atoms with Gasteiger partial charge in [-0.25, -0.2) is 10.8 Å². The number of anilines is 1.